The Bertz CT molecular complexity index is 324. The highest BCUT2D eigenvalue weighted by Crippen LogP contribution is 2.24. The highest BCUT2D eigenvalue weighted by Gasteiger charge is 2.14. The molecule has 0 bridgehead atoms. The van der Waals surface area contributed by atoms with Crippen molar-refractivity contribution >= 4 is 21.6 Å². The van der Waals surface area contributed by atoms with E-state index in [2.05, 4.69) is 26.6 Å². The molecule has 0 aliphatic carbocycles. The van der Waals surface area contributed by atoms with Crippen LogP contribution in [0.3, 0.4) is 0 Å². The number of hydrogen-bond donors (Lipinski definition) is 2. The lowest BCUT2D eigenvalue weighted by molar-refractivity contribution is 0.627. The van der Waals surface area contributed by atoms with Crippen LogP contribution in [0.5, 0.6) is 0 Å². The first-order valence-electron chi connectivity index (χ1n) is 4.68. The van der Waals surface area contributed by atoms with E-state index in [4.69, 9.17) is 0 Å². The van der Waals surface area contributed by atoms with Crippen molar-refractivity contribution < 1.29 is 4.39 Å². The second kappa shape index (κ2) is 4.28. The Morgan fingerprint density at radius 1 is 1.50 bits per heavy atom. The van der Waals surface area contributed by atoms with E-state index in [-0.39, 0.29) is 5.82 Å². The summed E-state index contributed by atoms with van der Waals surface area (Å²) in [6, 6.07) is 5.10. The summed E-state index contributed by atoms with van der Waals surface area (Å²) in [6.45, 7) is 1.98. The Morgan fingerprint density at radius 2 is 2.36 bits per heavy atom. The molecule has 76 valence electrons. The quantitative estimate of drug-likeness (QED) is 0.852. The molecule has 1 unspecified atom stereocenters. The molecule has 1 saturated heterocycles. The van der Waals surface area contributed by atoms with E-state index in [0.717, 1.165) is 29.7 Å². The number of halogens is 2. The summed E-state index contributed by atoms with van der Waals surface area (Å²) >= 11 is 3.39. The van der Waals surface area contributed by atoms with Crippen LogP contribution in [0.15, 0.2) is 22.7 Å². The molecule has 1 aliphatic heterocycles. The second-order valence-electron chi connectivity index (χ2n) is 3.46. The standard InChI is InChI=1S/C10H12BrFN2/c11-9-2-1-7(12)5-10(9)14-8-3-4-13-6-8/h1-2,5,8,13-14H,3-4,6H2. The van der Waals surface area contributed by atoms with Gasteiger partial charge in [-0.15, -0.1) is 0 Å². The van der Waals surface area contributed by atoms with Crippen LogP contribution in [-0.4, -0.2) is 19.1 Å². The van der Waals surface area contributed by atoms with Crippen molar-refractivity contribution in [1.82, 2.24) is 5.32 Å². The third-order valence-corrected chi connectivity index (χ3v) is 3.04. The maximum Gasteiger partial charge on any atom is 0.125 e. The Morgan fingerprint density at radius 3 is 3.07 bits per heavy atom. The van der Waals surface area contributed by atoms with Crippen LogP contribution < -0.4 is 10.6 Å². The van der Waals surface area contributed by atoms with Crippen molar-refractivity contribution in [1.29, 1.82) is 0 Å². The van der Waals surface area contributed by atoms with Gasteiger partial charge in [-0.05, 0) is 47.1 Å². The molecule has 1 heterocycles. The molecule has 1 atom stereocenters. The SMILES string of the molecule is Fc1ccc(Br)c(NC2CCNC2)c1. The van der Waals surface area contributed by atoms with Crippen molar-refractivity contribution in [2.75, 3.05) is 18.4 Å². The van der Waals surface area contributed by atoms with E-state index >= 15 is 0 Å². The van der Waals surface area contributed by atoms with Gasteiger partial charge in [-0.2, -0.15) is 0 Å². The lowest BCUT2D eigenvalue weighted by Gasteiger charge is -2.14. The first kappa shape index (κ1) is 9.93. The topological polar surface area (TPSA) is 24.1 Å². The summed E-state index contributed by atoms with van der Waals surface area (Å²) in [5.41, 5.74) is 0.832. The summed E-state index contributed by atoms with van der Waals surface area (Å²) in [5.74, 6) is -0.207. The fraction of sp³-hybridized carbons (Fsp3) is 0.400. The molecule has 1 aromatic carbocycles. The highest BCUT2D eigenvalue weighted by atomic mass is 79.9. The van der Waals surface area contributed by atoms with Crippen molar-refractivity contribution in [3.05, 3.63) is 28.5 Å². The maximum absolute atomic E-state index is 12.9. The van der Waals surface area contributed by atoms with Crippen LogP contribution in [0.25, 0.3) is 0 Å². The van der Waals surface area contributed by atoms with Gasteiger partial charge in [-0.1, -0.05) is 0 Å². The Labute approximate surface area is 91.0 Å². The van der Waals surface area contributed by atoms with Crippen LogP contribution in [0.2, 0.25) is 0 Å². The fourth-order valence-electron chi connectivity index (χ4n) is 1.61. The minimum atomic E-state index is -0.207. The van der Waals surface area contributed by atoms with Gasteiger partial charge < -0.3 is 10.6 Å². The number of anilines is 1. The molecular weight excluding hydrogens is 247 g/mol. The molecule has 0 aromatic heterocycles. The Kier molecular flexibility index (Phi) is 3.03. The van der Waals surface area contributed by atoms with Crippen LogP contribution in [0.1, 0.15) is 6.42 Å². The molecule has 0 amide bonds. The maximum atomic E-state index is 12.9. The minimum absolute atomic E-state index is 0.207. The predicted molar refractivity (Wildman–Crippen MR) is 59.0 cm³/mol. The smallest absolute Gasteiger partial charge is 0.125 e. The molecule has 2 rings (SSSR count). The zero-order chi connectivity index (χ0) is 9.97. The summed E-state index contributed by atoms with van der Waals surface area (Å²) in [7, 11) is 0. The van der Waals surface area contributed by atoms with Gasteiger partial charge in [0.1, 0.15) is 5.82 Å². The minimum Gasteiger partial charge on any atom is -0.380 e. The average molecular weight is 259 g/mol. The third-order valence-electron chi connectivity index (χ3n) is 2.35. The number of nitrogens with one attached hydrogen (secondary N) is 2. The summed E-state index contributed by atoms with van der Waals surface area (Å²) in [6.07, 6.45) is 1.09. The van der Waals surface area contributed by atoms with Gasteiger partial charge in [-0.3, -0.25) is 0 Å². The van der Waals surface area contributed by atoms with Gasteiger partial charge in [0.05, 0.1) is 5.69 Å². The van der Waals surface area contributed by atoms with E-state index in [1.807, 2.05) is 0 Å². The van der Waals surface area contributed by atoms with E-state index in [1.165, 1.54) is 12.1 Å². The molecule has 0 spiro atoms. The van der Waals surface area contributed by atoms with Gasteiger partial charge in [0.2, 0.25) is 0 Å². The average Bonchev–Trinajstić information content (AvgIpc) is 2.64. The number of rotatable bonds is 2. The number of benzene rings is 1. The fourth-order valence-corrected chi connectivity index (χ4v) is 1.97. The Hall–Kier alpha value is -0.610. The molecule has 1 aromatic rings. The zero-order valence-electron chi connectivity index (χ0n) is 7.69. The molecule has 4 heteroatoms. The molecule has 2 N–H and O–H groups in total. The van der Waals surface area contributed by atoms with Crippen molar-refractivity contribution in [3.63, 3.8) is 0 Å². The van der Waals surface area contributed by atoms with Crippen molar-refractivity contribution in [3.8, 4) is 0 Å². The van der Waals surface area contributed by atoms with E-state index in [1.54, 1.807) is 6.07 Å². The Balaban J connectivity index is 2.10. The molecule has 1 aliphatic rings. The van der Waals surface area contributed by atoms with E-state index in [9.17, 15) is 4.39 Å². The monoisotopic (exact) mass is 258 g/mol. The molecule has 14 heavy (non-hydrogen) atoms. The van der Waals surface area contributed by atoms with Gasteiger partial charge in [0.15, 0.2) is 0 Å². The van der Waals surface area contributed by atoms with Crippen LogP contribution >= 0.6 is 15.9 Å². The van der Waals surface area contributed by atoms with Crippen molar-refractivity contribution in [2.24, 2.45) is 0 Å². The first-order chi connectivity index (χ1) is 6.75. The van der Waals surface area contributed by atoms with Crippen molar-refractivity contribution in [2.45, 2.75) is 12.5 Å². The van der Waals surface area contributed by atoms with E-state index < -0.39 is 0 Å². The molecule has 0 radical (unpaired) electrons. The zero-order valence-corrected chi connectivity index (χ0v) is 9.27. The molecule has 0 saturated carbocycles. The summed E-state index contributed by atoms with van der Waals surface area (Å²) in [5, 5.41) is 6.56. The normalized spacial score (nSPS) is 21.1. The largest absolute Gasteiger partial charge is 0.380 e. The molecule has 1 fully saturated rings. The van der Waals surface area contributed by atoms with E-state index in [0.29, 0.717) is 6.04 Å². The van der Waals surface area contributed by atoms with Gasteiger partial charge in [0, 0.05) is 17.1 Å². The molecular formula is C10H12BrFN2. The van der Waals surface area contributed by atoms with Gasteiger partial charge in [0.25, 0.3) is 0 Å². The lowest BCUT2D eigenvalue weighted by atomic mass is 10.2. The summed E-state index contributed by atoms with van der Waals surface area (Å²) in [4.78, 5) is 0. The highest BCUT2D eigenvalue weighted by molar-refractivity contribution is 9.10. The third kappa shape index (κ3) is 2.25. The summed E-state index contributed by atoms with van der Waals surface area (Å²) < 4.78 is 13.9. The van der Waals surface area contributed by atoms with Crippen LogP contribution in [-0.2, 0) is 0 Å². The molecule has 2 nitrogen and oxygen atoms in total. The second-order valence-corrected chi connectivity index (χ2v) is 4.31. The van der Waals surface area contributed by atoms with Crippen LogP contribution in [0, 0.1) is 5.82 Å². The first-order valence-corrected chi connectivity index (χ1v) is 5.47. The number of hydrogen-bond acceptors (Lipinski definition) is 2. The predicted octanol–water partition coefficient (Wildman–Crippen LogP) is 2.36. The lowest BCUT2D eigenvalue weighted by Crippen LogP contribution is -2.22. The van der Waals surface area contributed by atoms with Crippen LogP contribution in [0.4, 0.5) is 10.1 Å². The van der Waals surface area contributed by atoms with Gasteiger partial charge >= 0.3 is 0 Å². The van der Waals surface area contributed by atoms with Gasteiger partial charge in [-0.25, -0.2) is 4.39 Å².